The first kappa shape index (κ1) is 20.3. The van der Waals surface area contributed by atoms with Crippen molar-refractivity contribution in [3.8, 4) is 0 Å². The van der Waals surface area contributed by atoms with Crippen LogP contribution in [0, 0.1) is 25.1 Å². The molecule has 1 aromatic carbocycles. The van der Waals surface area contributed by atoms with Crippen molar-refractivity contribution in [1.82, 2.24) is 9.47 Å². The van der Waals surface area contributed by atoms with Gasteiger partial charge in [0.2, 0.25) is 0 Å². The quantitative estimate of drug-likeness (QED) is 0.740. The maximum Gasteiger partial charge on any atom is 0.310 e. The zero-order valence-electron chi connectivity index (χ0n) is 16.7. The van der Waals surface area contributed by atoms with Gasteiger partial charge in [-0.05, 0) is 63.9 Å². The predicted molar refractivity (Wildman–Crippen MR) is 105 cm³/mol. The third-order valence-corrected chi connectivity index (χ3v) is 5.85. The van der Waals surface area contributed by atoms with Gasteiger partial charge in [-0.15, -0.1) is 0 Å². The molecule has 2 aromatic rings. The minimum Gasteiger partial charge on any atom is -0.481 e. The molecule has 1 aliphatic rings. The highest BCUT2D eigenvalue weighted by Gasteiger charge is 2.40. The molecule has 0 radical (unpaired) electrons. The number of carboxylic acid groups (broad SMARTS) is 1. The van der Waals surface area contributed by atoms with E-state index in [0.717, 1.165) is 29.9 Å². The number of aryl methyl sites for hydroxylation is 2. The van der Waals surface area contributed by atoms with Gasteiger partial charge in [0.25, 0.3) is 0 Å². The Balaban J connectivity index is 1.66. The summed E-state index contributed by atoms with van der Waals surface area (Å²) in [6.07, 6.45) is 1.32. The summed E-state index contributed by atoms with van der Waals surface area (Å²) in [4.78, 5) is 26.2. The molecule has 0 amide bonds. The van der Waals surface area contributed by atoms with E-state index in [9.17, 15) is 19.1 Å². The molecule has 0 bridgehead atoms. The van der Waals surface area contributed by atoms with Crippen LogP contribution < -0.4 is 0 Å². The Morgan fingerprint density at radius 3 is 2.50 bits per heavy atom. The highest BCUT2D eigenvalue weighted by atomic mass is 19.1. The van der Waals surface area contributed by atoms with E-state index in [4.69, 9.17) is 0 Å². The fourth-order valence-electron chi connectivity index (χ4n) is 3.97. The van der Waals surface area contributed by atoms with Gasteiger partial charge in [0, 0.05) is 30.0 Å². The summed E-state index contributed by atoms with van der Waals surface area (Å²) < 4.78 is 15.2. The molecule has 0 spiro atoms. The standard InChI is InChI=1S/C22H27FN2O3/c1-15-12-19(20(26)13-24-11-9-22(3,14-24)21(27)28)16(2)25(15)10-8-17-4-6-18(23)7-5-17/h4-7,12H,8-11,13-14H2,1-3H3,(H,27,28). The van der Waals surface area contributed by atoms with Crippen molar-refractivity contribution in [3.63, 3.8) is 0 Å². The van der Waals surface area contributed by atoms with Gasteiger partial charge in [0.05, 0.1) is 12.0 Å². The zero-order chi connectivity index (χ0) is 20.5. The van der Waals surface area contributed by atoms with E-state index in [1.165, 1.54) is 12.1 Å². The van der Waals surface area contributed by atoms with Gasteiger partial charge in [-0.1, -0.05) is 12.1 Å². The molecule has 28 heavy (non-hydrogen) atoms. The molecule has 1 atom stereocenters. The summed E-state index contributed by atoms with van der Waals surface area (Å²) in [5, 5.41) is 9.36. The number of carboxylic acids is 1. The summed E-state index contributed by atoms with van der Waals surface area (Å²) in [6, 6.07) is 8.39. The van der Waals surface area contributed by atoms with Crippen molar-refractivity contribution in [1.29, 1.82) is 0 Å². The van der Waals surface area contributed by atoms with Crippen molar-refractivity contribution >= 4 is 11.8 Å². The summed E-state index contributed by atoms with van der Waals surface area (Å²) >= 11 is 0. The number of likely N-dealkylation sites (tertiary alicyclic amines) is 1. The lowest BCUT2D eigenvalue weighted by atomic mass is 9.90. The Hall–Kier alpha value is -2.47. The lowest BCUT2D eigenvalue weighted by Crippen LogP contribution is -2.34. The van der Waals surface area contributed by atoms with Crippen LogP contribution in [0.4, 0.5) is 4.39 Å². The van der Waals surface area contributed by atoms with Gasteiger partial charge in [-0.2, -0.15) is 0 Å². The molecule has 1 aromatic heterocycles. The summed E-state index contributed by atoms with van der Waals surface area (Å²) in [5.74, 6) is -1.02. The number of hydrogen-bond acceptors (Lipinski definition) is 3. The Morgan fingerprint density at radius 2 is 1.89 bits per heavy atom. The van der Waals surface area contributed by atoms with Crippen LogP contribution in [0.1, 0.15) is 40.7 Å². The normalized spacial score (nSPS) is 19.9. The molecule has 150 valence electrons. The van der Waals surface area contributed by atoms with E-state index in [-0.39, 0.29) is 18.1 Å². The number of aromatic nitrogens is 1. The van der Waals surface area contributed by atoms with Crippen molar-refractivity contribution in [2.24, 2.45) is 5.41 Å². The number of hydrogen-bond donors (Lipinski definition) is 1. The number of benzene rings is 1. The molecule has 1 N–H and O–H groups in total. The van der Waals surface area contributed by atoms with Crippen LogP contribution in [-0.2, 0) is 17.8 Å². The average Bonchev–Trinajstić information content (AvgIpc) is 3.16. The Kier molecular flexibility index (Phi) is 5.70. The lowest BCUT2D eigenvalue weighted by Gasteiger charge is -2.19. The number of carbonyl (C=O) groups is 2. The number of Topliss-reactive ketones (excluding diaryl/α,β-unsaturated/α-hetero) is 1. The van der Waals surface area contributed by atoms with Gasteiger partial charge in [0.1, 0.15) is 5.82 Å². The predicted octanol–water partition coefficient (Wildman–Crippen LogP) is 3.47. The monoisotopic (exact) mass is 386 g/mol. The van der Waals surface area contributed by atoms with Crippen LogP contribution in [0.15, 0.2) is 30.3 Å². The van der Waals surface area contributed by atoms with E-state index in [0.29, 0.717) is 25.1 Å². The highest BCUT2D eigenvalue weighted by molar-refractivity contribution is 5.99. The van der Waals surface area contributed by atoms with Crippen LogP contribution in [0.2, 0.25) is 0 Å². The van der Waals surface area contributed by atoms with Gasteiger partial charge < -0.3 is 9.67 Å². The molecule has 5 nitrogen and oxygen atoms in total. The Bertz CT molecular complexity index is 888. The molecule has 1 saturated heterocycles. The van der Waals surface area contributed by atoms with Gasteiger partial charge >= 0.3 is 5.97 Å². The van der Waals surface area contributed by atoms with Crippen molar-refractivity contribution in [2.45, 2.75) is 40.2 Å². The van der Waals surface area contributed by atoms with Gasteiger partial charge in [-0.3, -0.25) is 14.5 Å². The van der Waals surface area contributed by atoms with E-state index in [1.54, 1.807) is 19.1 Å². The Labute approximate surface area is 164 Å². The van der Waals surface area contributed by atoms with Crippen LogP contribution >= 0.6 is 0 Å². The number of ketones is 1. The number of rotatable bonds is 7. The molecule has 0 aliphatic carbocycles. The van der Waals surface area contributed by atoms with E-state index in [1.807, 2.05) is 24.8 Å². The SMILES string of the molecule is Cc1cc(C(=O)CN2CCC(C)(C(=O)O)C2)c(C)n1CCc1ccc(F)cc1. The minimum absolute atomic E-state index is 0.0239. The number of aliphatic carboxylic acids is 1. The molecule has 6 heteroatoms. The van der Waals surface area contributed by atoms with E-state index >= 15 is 0 Å². The van der Waals surface area contributed by atoms with Crippen LogP contribution in [0.25, 0.3) is 0 Å². The molecular weight excluding hydrogens is 359 g/mol. The third-order valence-electron chi connectivity index (χ3n) is 5.85. The molecular formula is C22H27FN2O3. The average molecular weight is 386 g/mol. The van der Waals surface area contributed by atoms with Gasteiger partial charge in [-0.25, -0.2) is 4.39 Å². The number of carbonyl (C=O) groups excluding carboxylic acids is 1. The second-order valence-corrected chi connectivity index (χ2v) is 8.06. The third kappa shape index (κ3) is 4.17. The first-order valence-corrected chi connectivity index (χ1v) is 9.60. The van der Waals surface area contributed by atoms with Gasteiger partial charge in [0.15, 0.2) is 5.78 Å². The smallest absolute Gasteiger partial charge is 0.310 e. The van der Waals surface area contributed by atoms with Crippen molar-refractivity contribution in [2.75, 3.05) is 19.6 Å². The van der Waals surface area contributed by atoms with E-state index < -0.39 is 11.4 Å². The maximum absolute atomic E-state index is 13.1. The number of nitrogens with zero attached hydrogens (tertiary/aromatic N) is 2. The number of halogens is 1. The molecule has 1 fully saturated rings. The van der Waals surface area contributed by atoms with Crippen LogP contribution in [0.3, 0.4) is 0 Å². The summed E-state index contributed by atoms with van der Waals surface area (Å²) in [5.41, 5.74) is 2.91. The fourth-order valence-corrected chi connectivity index (χ4v) is 3.97. The lowest BCUT2D eigenvalue weighted by molar-refractivity contribution is -0.147. The highest BCUT2D eigenvalue weighted by Crippen LogP contribution is 2.30. The second kappa shape index (κ2) is 7.87. The zero-order valence-corrected chi connectivity index (χ0v) is 16.7. The van der Waals surface area contributed by atoms with Crippen LogP contribution in [0.5, 0.6) is 0 Å². The largest absolute Gasteiger partial charge is 0.481 e. The molecule has 3 rings (SSSR count). The fraction of sp³-hybridized carbons (Fsp3) is 0.455. The molecule has 1 aliphatic heterocycles. The molecule has 0 saturated carbocycles. The second-order valence-electron chi connectivity index (χ2n) is 8.06. The van der Waals surface area contributed by atoms with E-state index in [2.05, 4.69) is 4.57 Å². The van der Waals surface area contributed by atoms with Crippen LogP contribution in [-0.4, -0.2) is 46.0 Å². The van der Waals surface area contributed by atoms with Crippen molar-refractivity contribution < 1.29 is 19.1 Å². The topological polar surface area (TPSA) is 62.5 Å². The maximum atomic E-state index is 13.1. The first-order valence-electron chi connectivity index (χ1n) is 9.60. The minimum atomic E-state index is -0.804. The first-order chi connectivity index (χ1) is 13.2. The molecule has 2 heterocycles. The summed E-state index contributed by atoms with van der Waals surface area (Å²) in [6.45, 7) is 7.64. The summed E-state index contributed by atoms with van der Waals surface area (Å²) in [7, 11) is 0. The molecule has 1 unspecified atom stereocenters. The van der Waals surface area contributed by atoms with Crippen molar-refractivity contribution in [3.05, 3.63) is 58.7 Å². The Morgan fingerprint density at radius 1 is 1.21 bits per heavy atom.